The van der Waals surface area contributed by atoms with Crippen LogP contribution < -0.4 is 9.75 Å². The largest absolute Gasteiger partial charge is 0.508 e. The summed E-state index contributed by atoms with van der Waals surface area (Å²) >= 11 is 0. The quantitative estimate of drug-likeness (QED) is 0.218. The average Bonchev–Trinajstić information content (AvgIpc) is 3.82. The van der Waals surface area contributed by atoms with Gasteiger partial charge in [-0.05, 0) is 90.6 Å². The number of pyridine rings is 1. The number of hydrazine groups is 1. The lowest BCUT2D eigenvalue weighted by Crippen LogP contribution is -2.49. The van der Waals surface area contributed by atoms with Crippen molar-refractivity contribution in [2.45, 2.75) is 58.5 Å². The fraction of sp³-hybridized carbons (Fsp3) is 0.444. The lowest BCUT2D eigenvalue weighted by Gasteiger charge is -2.35. The zero-order chi connectivity index (χ0) is 34.4. The van der Waals surface area contributed by atoms with Crippen LogP contribution >= 0.6 is 0 Å². The molecular formula is C36H40F2N6O4. The summed E-state index contributed by atoms with van der Waals surface area (Å²) < 4.78 is 43.8. The van der Waals surface area contributed by atoms with Crippen LogP contribution in [-0.4, -0.2) is 82.0 Å². The van der Waals surface area contributed by atoms with E-state index in [1.165, 1.54) is 35.5 Å². The molecule has 252 valence electrons. The first-order valence-corrected chi connectivity index (χ1v) is 16.1. The Labute approximate surface area is 278 Å². The van der Waals surface area contributed by atoms with Crippen molar-refractivity contribution in [3.8, 4) is 35.4 Å². The smallest absolute Gasteiger partial charge is 0.429 e. The Hall–Kier alpha value is -4.76. The summed E-state index contributed by atoms with van der Waals surface area (Å²) in [6.45, 7) is 7.30. The molecule has 48 heavy (non-hydrogen) atoms. The number of halogens is 2. The molecule has 10 nitrogen and oxygen atoms in total. The van der Waals surface area contributed by atoms with E-state index in [9.17, 15) is 14.3 Å². The third kappa shape index (κ3) is 6.65. The van der Waals surface area contributed by atoms with Crippen LogP contribution in [0.1, 0.15) is 58.4 Å². The molecule has 1 N–H and O–H groups in total. The number of hydrogen-bond acceptors (Lipinski definition) is 9. The topological polar surface area (TPSA) is 104 Å². The van der Waals surface area contributed by atoms with Gasteiger partial charge in [-0.25, -0.2) is 18.6 Å². The van der Waals surface area contributed by atoms with Crippen molar-refractivity contribution in [1.29, 1.82) is 0 Å². The molecule has 0 atom stereocenters. The number of benzene rings is 2. The normalized spacial score (nSPS) is 16.2. The number of carbonyl (C=O) groups excluding carboxylic acids is 1. The maximum Gasteiger partial charge on any atom is 0.429 e. The molecule has 0 unspecified atom stereocenters. The van der Waals surface area contributed by atoms with Gasteiger partial charge in [-0.15, -0.1) is 6.42 Å². The molecule has 1 aliphatic carbocycles. The van der Waals surface area contributed by atoms with Gasteiger partial charge in [0, 0.05) is 42.2 Å². The van der Waals surface area contributed by atoms with Crippen LogP contribution in [0.5, 0.6) is 11.8 Å². The number of phenols is 1. The van der Waals surface area contributed by atoms with Gasteiger partial charge in [0.2, 0.25) is 0 Å². The number of fused-ring (bicyclic) bond motifs is 2. The van der Waals surface area contributed by atoms with E-state index in [2.05, 4.69) is 20.8 Å². The summed E-state index contributed by atoms with van der Waals surface area (Å²) in [7, 11) is 4.00. The Bertz CT molecular complexity index is 1930. The minimum Gasteiger partial charge on any atom is -0.508 e. The second-order valence-corrected chi connectivity index (χ2v) is 14.0. The van der Waals surface area contributed by atoms with E-state index in [-0.39, 0.29) is 56.1 Å². The van der Waals surface area contributed by atoms with Crippen molar-refractivity contribution in [1.82, 2.24) is 24.9 Å². The van der Waals surface area contributed by atoms with Crippen molar-refractivity contribution in [3.05, 3.63) is 47.7 Å². The van der Waals surface area contributed by atoms with Crippen molar-refractivity contribution in [3.63, 3.8) is 0 Å². The monoisotopic (exact) mass is 658 g/mol. The molecule has 1 amide bonds. The number of nitrogens with zero attached hydrogens (tertiary/aromatic N) is 6. The van der Waals surface area contributed by atoms with Gasteiger partial charge in [0.05, 0.1) is 17.6 Å². The molecule has 2 aliphatic rings. The highest BCUT2D eigenvalue weighted by Crippen LogP contribution is 2.46. The maximum atomic E-state index is 16.9. The molecule has 0 radical (unpaired) electrons. The first-order valence-electron chi connectivity index (χ1n) is 16.1. The fourth-order valence-corrected chi connectivity index (χ4v) is 6.30. The summed E-state index contributed by atoms with van der Waals surface area (Å²) in [5, 5.41) is 14.6. The molecule has 1 saturated carbocycles. The Morgan fingerprint density at radius 3 is 2.56 bits per heavy atom. The second kappa shape index (κ2) is 12.7. The molecule has 2 fully saturated rings. The summed E-state index contributed by atoms with van der Waals surface area (Å²) in [6, 6.07) is 5.34. The lowest BCUT2D eigenvalue weighted by atomic mass is 9.96. The highest BCUT2D eigenvalue weighted by atomic mass is 19.1. The van der Waals surface area contributed by atoms with Crippen molar-refractivity contribution in [2.24, 2.45) is 5.41 Å². The number of anilines is 1. The minimum absolute atomic E-state index is 0.0527. The molecule has 2 aromatic carbocycles. The van der Waals surface area contributed by atoms with E-state index in [0.717, 1.165) is 38.6 Å². The first-order chi connectivity index (χ1) is 22.8. The van der Waals surface area contributed by atoms with Gasteiger partial charge in [0.15, 0.2) is 11.6 Å². The summed E-state index contributed by atoms with van der Waals surface area (Å²) in [4.78, 5) is 29.4. The van der Waals surface area contributed by atoms with E-state index in [0.29, 0.717) is 25.1 Å². The average molecular weight is 659 g/mol. The highest BCUT2D eigenvalue weighted by molar-refractivity contribution is 6.03. The van der Waals surface area contributed by atoms with E-state index < -0.39 is 23.3 Å². The van der Waals surface area contributed by atoms with Gasteiger partial charge in [0.1, 0.15) is 28.4 Å². The van der Waals surface area contributed by atoms with Gasteiger partial charge in [0.25, 0.3) is 0 Å². The summed E-state index contributed by atoms with van der Waals surface area (Å²) in [6.07, 6.45) is 10.9. The molecular weight excluding hydrogens is 618 g/mol. The highest BCUT2D eigenvalue weighted by Gasteiger charge is 2.44. The fourth-order valence-electron chi connectivity index (χ4n) is 6.30. The summed E-state index contributed by atoms with van der Waals surface area (Å²) in [5.41, 5.74) is -1.08. The summed E-state index contributed by atoms with van der Waals surface area (Å²) in [5.74, 6) is 0.935. The minimum atomic E-state index is -0.840. The van der Waals surface area contributed by atoms with Gasteiger partial charge in [-0.1, -0.05) is 12.0 Å². The lowest BCUT2D eigenvalue weighted by molar-refractivity contribution is 0.0232. The van der Waals surface area contributed by atoms with E-state index in [1.807, 2.05) is 14.1 Å². The van der Waals surface area contributed by atoms with E-state index in [1.54, 1.807) is 25.8 Å². The van der Waals surface area contributed by atoms with Crippen LogP contribution in [0.25, 0.3) is 32.9 Å². The Morgan fingerprint density at radius 1 is 1.12 bits per heavy atom. The van der Waals surface area contributed by atoms with Crippen LogP contribution in [-0.2, 0) is 4.74 Å². The van der Waals surface area contributed by atoms with Crippen LogP contribution in [0.15, 0.2) is 30.5 Å². The number of ether oxygens (including phenoxy) is 2. The molecule has 2 aromatic heterocycles. The van der Waals surface area contributed by atoms with Crippen LogP contribution in [0.2, 0.25) is 0 Å². The Kier molecular flexibility index (Phi) is 8.76. The number of rotatable bonds is 7. The predicted octanol–water partition coefficient (Wildman–Crippen LogP) is 6.67. The van der Waals surface area contributed by atoms with Crippen LogP contribution in [0.3, 0.4) is 0 Å². The van der Waals surface area contributed by atoms with Crippen molar-refractivity contribution < 1.29 is 28.2 Å². The zero-order valence-electron chi connectivity index (χ0n) is 27.9. The van der Waals surface area contributed by atoms with Crippen molar-refractivity contribution in [2.75, 3.05) is 45.3 Å². The molecule has 1 saturated heterocycles. The van der Waals surface area contributed by atoms with Gasteiger partial charge < -0.3 is 19.5 Å². The molecule has 12 heteroatoms. The third-order valence-electron chi connectivity index (χ3n) is 8.59. The second-order valence-electron chi connectivity index (χ2n) is 14.0. The molecule has 0 bridgehead atoms. The number of aromatic hydroxyl groups is 1. The molecule has 4 aromatic rings. The third-order valence-corrected chi connectivity index (χ3v) is 8.59. The SMILES string of the molecule is C#Cc1c(F)ccc2cc(O)cc(-c3ncc4c(N5CCCCCN5C(=O)OC(C)(C)C)nc(OCC5(CN(C)C)CC5)nc4c3F)c12. The molecule has 3 heterocycles. The Balaban J connectivity index is 1.54. The maximum absolute atomic E-state index is 16.9. The van der Waals surface area contributed by atoms with Crippen LogP contribution in [0.4, 0.5) is 19.4 Å². The zero-order valence-corrected chi connectivity index (χ0v) is 27.9. The van der Waals surface area contributed by atoms with Crippen LogP contribution in [0, 0.1) is 29.4 Å². The molecule has 1 aliphatic heterocycles. The number of terminal acetylenes is 1. The number of phenolic OH excluding ortho intramolecular Hbond substituents is 1. The van der Waals surface area contributed by atoms with Gasteiger partial charge in [-0.2, -0.15) is 9.97 Å². The Morgan fingerprint density at radius 2 is 1.88 bits per heavy atom. The van der Waals surface area contributed by atoms with E-state index in [4.69, 9.17) is 20.9 Å². The van der Waals surface area contributed by atoms with Crippen molar-refractivity contribution >= 4 is 33.6 Å². The number of amides is 1. The first kappa shape index (κ1) is 33.2. The predicted molar refractivity (Wildman–Crippen MR) is 180 cm³/mol. The van der Waals surface area contributed by atoms with Gasteiger partial charge in [-0.3, -0.25) is 9.99 Å². The standard InChI is InChI=1S/C36H40F2N6O4/c1-7-24-27(37)12-11-22-17-23(45)18-25(28(22)24)30-29(38)31-26(19-39-30)32(41-33(40-31)47-21-36(13-14-36)20-42(5)6)43-15-9-8-10-16-44(43)34(46)48-35(2,3)4/h1,11-12,17-19,45H,8-10,13-16,20-21H2,2-6H3. The molecule has 0 spiro atoms. The number of aromatic nitrogens is 3. The van der Waals surface area contributed by atoms with E-state index >= 15 is 4.39 Å². The molecule has 6 rings (SSSR count). The van der Waals surface area contributed by atoms with Gasteiger partial charge >= 0.3 is 12.1 Å². The number of carbonyl (C=O) groups is 1. The number of hydrogen-bond donors (Lipinski definition) is 1.